The Balaban J connectivity index is 2.24. The normalized spacial score (nSPS) is 12.4. The number of rotatable bonds is 6. The summed E-state index contributed by atoms with van der Waals surface area (Å²) < 4.78 is 0. The minimum Gasteiger partial charge on any atom is -0.350 e. The highest BCUT2D eigenvalue weighted by molar-refractivity contribution is 6.42. The number of hydrogen-bond acceptors (Lipinski definition) is 2. The van der Waals surface area contributed by atoms with Crippen LogP contribution in [-0.2, 0) is 22.6 Å². The number of carbonyl (C=O) groups excluding carboxylic acids is 2. The molecule has 1 N–H and O–H groups in total. The topological polar surface area (TPSA) is 49.4 Å². The van der Waals surface area contributed by atoms with Gasteiger partial charge in [-0.05, 0) is 51.0 Å². The van der Waals surface area contributed by atoms with Gasteiger partial charge in [-0.15, -0.1) is 0 Å². The molecule has 0 aliphatic heterocycles. The molecule has 1 atom stereocenters. The average molecular weight is 421 g/mol. The Morgan fingerprint density at radius 2 is 1.64 bits per heavy atom. The summed E-state index contributed by atoms with van der Waals surface area (Å²) in [6, 6.07) is 14.1. The van der Waals surface area contributed by atoms with Gasteiger partial charge < -0.3 is 10.2 Å². The number of benzene rings is 2. The standard InChI is InChI=1S/C22H26Cl2N2O2/c1-15(21(28)25-22(2,3)4)26(14-16-8-6-5-7-9-16)20(27)13-17-10-11-18(23)19(24)12-17/h5-12,15H,13-14H2,1-4H3,(H,25,28). The van der Waals surface area contributed by atoms with Crippen LogP contribution in [0.5, 0.6) is 0 Å². The summed E-state index contributed by atoms with van der Waals surface area (Å²) in [7, 11) is 0. The molecule has 0 aliphatic carbocycles. The van der Waals surface area contributed by atoms with Crippen molar-refractivity contribution in [3.63, 3.8) is 0 Å². The van der Waals surface area contributed by atoms with Crippen LogP contribution in [0.25, 0.3) is 0 Å². The molecule has 0 spiro atoms. The lowest BCUT2D eigenvalue weighted by Gasteiger charge is -2.31. The van der Waals surface area contributed by atoms with Crippen LogP contribution in [0.4, 0.5) is 0 Å². The lowest BCUT2D eigenvalue weighted by molar-refractivity contribution is -0.140. The van der Waals surface area contributed by atoms with Crippen LogP contribution in [0.1, 0.15) is 38.8 Å². The molecule has 0 fully saturated rings. The van der Waals surface area contributed by atoms with Crippen LogP contribution < -0.4 is 5.32 Å². The highest BCUT2D eigenvalue weighted by Crippen LogP contribution is 2.23. The van der Waals surface area contributed by atoms with Crippen LogP contribution in [0.2, 0.25) is 10.0 Å². The monoisotopic (exact) mass is 420 g/mol. The minimum atomic E-state index is -0.616. The van der Waals surface area contributed by atoms with Gasteiger partial charge in [0.25, 0.3) is 0 Å². The van der Waals surface area contributed by atoms with Gasteiger partial charge in [0.1, 0.15) is 6.04 Å². The van der Waals surface area contributed by atoms with E-state index < -0.39 is 6.04 Å². The fourth-order valence-corrected chi connectivity index (χ4v) is 3.08. The molecule has 2 aromatic rings. The second-order valence-electron chi connectivity index (χ2n) is 7.85. The first-order chi connectivity index (χ1) is 13.1. The Bertz CT molecular complexity index is 832. The van der Waals surface area contributed by atoms with Crippen molar-refractivity contribution in [1.29, 1.82) is 0 Å². The average Bonchev–Trinajstić information content (AvgIpc) is 2.61. The first-order valence-electron chi connectivity index (χ1n) is 9.16. The molecule has 0 saturated heterocycles. The summed E-state index contributed by atoms with van der Waals surface area (Å²) in [5.74, 6) is -0.343. The van der Waals surface area contributed by atoms with E-state index >= 15 is 0 Å². The van der Waals surface area contributed by atoms with E-state index in [1.165, 1.54) is 0 Å². The fourth-order valence-electron chi connectivity index (χ4n) is 2.76. The molecular weight excluding hydrogens is 395 g/mol. The molecule has 28 heavy (non-hydrogen) atoms. The van der Waals surface area contributed by atoms with Crippen molar-refractivity contribution in [2.45, 2.75) is 52.2 Å². The van der Waals surface area contributed by atoms with Gasteiger partial charge in [0.2, 0.25) is 11.8 Å². The van der Waals surface area contributed by atoms with Gasteiger partial charge in [-0.1, -0.05) is 59.6 Å². The number of nitrogens with zero attached hydrogens (tertiary/aromatic N) is 1. The quantitative estimate of drug-likeness (QED) is 0.724. The lowest BCUT2D eigenvalue weighted by atomic mass is 10.1. The Hall–Kier alpha value is -2.04. The van der Waals surface area contributed by atoms with E-state index in [1.807, 2.05) is 51.1 Å². The van der Waals surface area contributed by atoms with Gasteiger partial charge in [-0.2, -0.15) is 0 Å². The van der Waals surface area contributed by atoms with Crippen molar-refractivity contribution in [3.8, 4) is 0 Å². The summed E-state index contributed by atoms with van der Waals surface area (Å²) in [5.41, 5.74) is 1.33. The number of halogens is 2. The highest BCUT2D eigenvalue weighted by Gasteiger charge is 2.28. The second kappa shape index (κ2) is 9.44. The smallest absolute Gasteiger partial charge is 0.242 e. The minimum absolute atomic E-state index is 0.136. The van der Waals surface area contributed by atoms with E-state index in [-0.39, 0.29) is 23.8 Å². The number of amides is 2. The highest BCUT2D eigenvalue weighted by atomic mass is 35.5. The summed E-state index contributed by atoms with van der Waals surface area (Å²) in [5, 5.41) is 3.79. The zero-order valence-electron chi connectivity index (χ0n) is 16.6. The van der Waals surface area contributed by atoms with Crippen molar-refractivity contribution in [2.24, 2.45) is 0 Å². The van der Waals surface area contributed by atoms with E-state index in [1.54, 1.807) is 30.0 Å². The second-order valence-corrected chi connectivity index (χ2v) is 8.66. The fraction of sp³-hybridized carbons (Fsp3) is 0.364. The van der Waals surface area contributed by atoms with Gasteiger partial charge in [-0.3, -0.25) is 9.59 Å². The van der Waals surface area contributed by atoms with Gasteiger partial charge in [0, 0.05) is 12.1 Å². The molecule has 0 aromatic heterocycles. The molecule has 1 unspecified atom stereocenters. The van der Waals surface area contributed by atoms with Crippen molar-refractivity contribution in [1.82, 2.24) is 10.2 Å². The third-order valence-corrected chi connectivity index (χ3v) is 4.94. The predicted molar refractivity (Wildman–Crippen MR) is 115 cm³/mol. The number of nitrogens with one attached hydrogen (secondary N) is 1. The first-order valence-corrected chi connectivity index (χ1v) is 9.92. The van der Waals surface area contributed by atoms with Gasteiger partial charge in [-0.25, -0.2) is 0 Å². The molecule has 4 nitrogen and oxygen atoms in total. The van der Waals surface area contributed by atoms with Crippen molar-refractivity contribution < 1.29 is 9.59 Å². The third kappa shape index (κ3) is 6.54. The summed E-state index contributed by atoms with van der Waals surface area (Å²) in [6.45, 7) is 7.83. The van der Waals surface area contributed by atoms with Crippen LogP contribution in [-0.4, -0.2) is 28.3 Å². The van der Waals surface area contributed by atoms with Crippen molar-refractivity contribution >= 4 is 35.0 Å². The third-order valence-electron chi connectivity index (χ3n) is 4.20. The number of carbonyl (C=O) groups is 2. The first kappa shape index (κ1) is 22.3. The molecule has 0 bridgehead atoms. The van der Waals surface area contributed by atoms with E-state index in [2.05, 4.69) is 5.32 Å². The molecule has 0 radical (unpaired) electrons. The van der Waals surface area contributed by atoms with Crippen LogP contribution in [0.3, 0.4) is 0 Å². The lowest BCUT2D eigenvalue weighted by Crippen LogP contribution is -2.52. The molecular formula is C22H26Cl2N2O2. The molecule has 6 heteroatoms. The molecule has 2 rings (SSSR count). The van der Waals surface area contributed by atoms with E-state index in [0.717, 1.165) is 11.1 Å². The Morgan fingerprint density at radius 3 is 2.21 bits per heavy atom. The largest absolute Gasteiger partial charge is 0.350 e. The van der Waals surface area contributed by atoms with Gasteiger partial charge in [0.15, 0.2) is 0 Å². The van der Waals surface area contributed by atoms with Gasteiger partial charge >= 0.3 is 0 Å². The molecule has 2 aromatic carbocycles. The molecule has 0 aliphatic rings. The van der Waals surface area contributed by atoms with Crippen LogP contribution in [0, 0.1) is 0 Å². The van der Waals surface area contributed by atoms with Gasteiger partial charge in [0.05, 0.1) is 16.5 Å². The predicted octanol–water partition coefficient (Wildman–Crippen LogP) is 4.87. The zero-order valence-corrected chi connectivity index (χ0v) is 18.1. The van der Waals surface area contributed by atoms with Crippen LogP contribution in [0.15, 0.2) is 48.5 Å². The maximum Gasteiger partial charge on any atom is 0.242 e. The van der Waals surface area contributed by atoms with E-state index in [9.17, 15) is 9.59 Å². The molecule has 0 heterocycles. The molecule has 0 saturated carbocycles. The Morgan fingerprint density at radius 1 is 1.00 bits per heavy atom. The maximum atomic E-state index is 13.1. The summed E-state index contributed by atoms with van der Waals surface area (Å²) in [4.78, 5) is 27.4. The van der Waals surface area contributed by atoms with Crippen molar-refractivity contribution in [3.05, 3.63) is 69.7 Å². The summed E-state index contributed by atoms with van der Waals surface area (Å²) in [6.07, 6.45) is 0.136. The van der Waals surface area contributed by atoms with Crippen LogP contribution >= 0.6 is 23.2 Å². The summed E-state index contributed by atoms with van der Waals surface area (Å²) >= 11 is 12.0. The Kier molecular flexibility index (Phi) is 7.50. The van der Waals surface area contributed by atoms with E-state index in [0.29, 0.717) is 16.6 Å². The zero-order chi connectivity index (χ0) is 20.9. The maximum absolute atomic E-state index is 13.1. The number of hydrogen-bond donors (Lipinski definition) is 1. The SMILES string of the molecule is CC(C(=O)NC(C)(C)C)N(Cc1ccccc1)C(=O)Cc1ccc(Cl)c(Cl)c1. The molecule has 2 amide bonds. The molecule has 150 valence electrons. The Labute approximate surface area is 176 Å². The van der Waals surface area contributed by atoms with Crippen molar-refractivity contribution in [2.75, 3.05) is 0 Å². The van der Waals surface area contributed by atoms with E-state index in [4.69, 9.17) is 23.2 Å².